The summed E-state index contributed by atoms with van der Waals surface area (Å²) in [6.45, 7) is 4.42. The maximum absolute atomic E-state index is 13.6. The Morgan fingerprint density at radius 1 is 0.906 bits per heavy atom. The fraction of sp³-hybridized carbons (Fsp3) is 0.185. The Kier molecular flexibility index (Phi) is 5.23. The molecule has 0 saturated heterocycles. The molecule has 0 unspecified atom stereocenters. The molecule has 1 aliphatic heterocycles. The molecule has 0 fully saturated rings. The number of nitrogens with zero attached hydrogens (tertiary/aromatic N) is 1. The van der Waals surface area contributed by atoms with Crippen molar-refractivity contribution in [3.05, 3.63) is 83.4 Å². The van der Waals surface area contributed by atoms with Gasteiger partial charge in [-0.25, -0.2) is 4.98 Å². The second-order valence-corrected chi connectivity index (χ2v) is 7.75. The molecule has 1 aliphatic rings. The standard InChI is InChI=1S/C27H24N2O3/c1-3-17-8-7-9-18(4-2)26(17)29-27(30)21-15-23(28-22-11-6-5-10-20(21)22)19-12-13-24-25(14-19)32-16-31-24/h5-15H,3-4,16H2,1-2H3,(H,29,30). The first-order chi connectivity index (χ1) is 15.7. The number of benzene rings is 3. The van der Waals surface area contributed by atoms with Crippen molar-refractivity contribution in [2.75, 3.05) is 12.1 Å². The third-order valence-corrected chi connectivity index (χ3v) is 5.87. The fourth-order valence-corrected chi connectivity index (χ4v) is 4.15. The summed E-state index contributed by atoms with van der Waals surface area (Å²) in [6.07, 6.45) is 1.70. The first-order valence-corrected chi connectivity index (χ1v) is 10.9. The third-order valence-electron chi connectivity index (χ3n) is 5.87. The third kappa shape index (κ3) is 3.56. The lowest BCUT2D eigenvalue weighted by Gasteiger charge is -2.16. The van der Waals surface area contributed by atoms with Gasteiger partial charge in [-0.15, -0.1) is 0 Å². The molecule has 5 nitrogen and oxygen atoms in total. The highest BCUT2D eigenvalue weighted by Gasteiger charge is 2.19. The number of hydrogen-bond acceptors (Lipinski definition) is 4. The average Bonchev–Trinajstić information content (AvgIpc) is 3.31. The minimum absolute atomic E-state index is 0.138. The monoisotopic (exact) mass is 424 g/mol. The van der Waals surface area contributed by atoms with Gasteiger partial charge >= 0.3 is 0 Å². The summed E-state index contributed by atoms with van der Waals surface area (Å²) in [5, 5.41) is 4.02. The van der Waals surface area contributed by atoms with Gasteiger partial charge in [-0.2, -0.15) is 0 Å². The van der Waals surface area contributed by atoms with Crippen LogP contribution in [-0.4, -0.2) is 17.7 Å². The molecular weight excluding hydrogens is 400 g/mol. The molecule has 3 aromatic carbocycles. The number of para-hydroxylation sites is 2. The summed E-state index contributed by atoms with van der Waals surface area (Å²) in [4.78, 5) is 18.4. The van der Waals surface area contributed by atoms with Crippen molar-refractivity contribution in [2.24, 2.45) is 0 Å². The van der Waals surface area contributed by atoms with Gasteiger partial charge in [0.2, 0.25) is 6.79 Å². The predicted octanol–water partition coefficient (Wildman–Crippen LogP) is 6.01. The first kappa shape index (κ1) is 20.1. The number of carbonyl (C=O) groups excluding carboxylic acids is 1. The van der Waals surface area contributed by atoms with Gasteiger partial charge < -0.3 is 14.8 Å². The number of amides is 1. The molecule has 1 aromatic heterocycles. The van der Waals surface area contributed by atoms with Crippen LogP contribution in [0.1, 0.15) is 35.3 Å². The SMILES string of the molecule is CCc1cccc(CC)c1NC(=O)c1cc(-c2ccc3c(c2)OCO3)nc2ccccc12. The second-order valence-electron chi connectivity index (χ2n) is 7.75. The van der Waals surface area contributed by atoms with Crippen molar-refractivity contribution < 1.29 is 14.3 Å². The Morgan fingerprint density at radius 3 is 2.44 bits per heavy atom. The van der Waals surface area contributed by atoms with E-state index in [9.17, 15) is 4.79 Å². The molecule has 160 valence electrons. The number of fused-ring (bicyclic) bond motifs is 2. The van der Waals surface area contributed by atoms with Gasteiger partial charge in [0.15, 0.2) is 11.5 Å². The zero-order chi connectivity index (χ0) is 22.1. The maximum Gasteiger partial charge on any atom is 0.256 e. The van der Waals surface area contributed by atoms with E-state index in [4.69, 9.17) is 14.5 Å². The molecule has 0 bridgehead atoms. The topological polar surface area (TPSA) is 60.5 Å². The van der Waals surface area contributed by atoms with Crippen molar-refractivity contribution >= 4 is 22.5 Å². The van der Waals surface area contributed by atoms with E-state index < -0.39 is 0 Å². The molecule has 0 aliphatic carbocycles. The molecule has 0 spiro atoms. The lowest BCUT2D eigenvalue weighted by Crippen LogP contribution is -2.16. The number of aromatic nitrogens is 1. The molecule has 1 amide bonds. The number of anilines is 1. The Balaban J connectivity index is 1.60. The van der Waals surface area contributed by atoms with E-state index in [2.05, 4.69) is 31.3 Å². The molecular formula is C27H24N2O3. The van der Waals surface area contributed by atoms with Crippen LogP contribution in [0.4, 0.5) is 5.69 Å². The van der Waals surface area contributed by atoms with Gasteiger partial charge in [0.05, 0.1) is 16.8 Å². The Morgan fingerprint density at radius 2 is 1.66 bits per heavy atom. The molecule has 5 heteroatoms. The zero-order valence-corrected chi connectivity index (χ0v) is 18.1. The van der Waals surface area contributed by atoms with E-state index in [1.165, 1.54) is 0 Å². The van der Waals surface area contributed by atoms with Crippen LogP contribution in [0.15, 0.2) is 66.7 Å². The van der Waals surface area contributed by atoms with Crippen LogP contribution in [-0.2, 0) is 12.8 Å². The van der Waals surface area contributed by atoms with Gasteiger partial charge in [0, 0.05) is 16.6 Å². The summed E-state index contributed by atoms with van der Waals surface area (Å²) < 4.78 is 11.0. The molecule has 0 atom stereocenters. The van der Waals surface area contributed by atoms with Crippen LogP contribution < -0.4 is 14.8 Å². The lowest BCUT2D eigenvalue weighted by atomic mass is 10.0. The van der Waals surface area contributed by atoms with Gasteiger partial charge in [0.25, 0.3) is 5.91 Å². The summed E-state index contributed by atoms with van der Waals surface area (Å²) in [5.74, 6) is 1.27. The molecule has 0 radical (unpaired) electrons. The highest BCUT2D eigenvalue weighted by Crippen LogP contribution is 2.36. The highest BCUT2D eigenvalue weighted by atomic mass is 16.7. The van der Waals surface area contributed by atoms with Gasteiger partial charge in [0.1, 0.15) is 0 Å². The van der Waals surface area contributed by atoms with E-state index >= 15 is 0 Å². The summed E-state index contributed by atoms with van der Waals surface area (Å²) in [5.41, 5.74) is 6.12. The van der Waals surface area contributed by atoms with Crippen molar-refractivity contribution in [3.63, 3.8) is 0 Å². The molecule has 2 heterocycles. The van der Waals surface area contributed by atoms with E-state index in [0.29, 0.717) is 17.0 Å². The van der Waals surface area contributed by atoms with E-state index in [0.717, 1.165) is 51.9 Å². The smallest absolute Gasteiger partial charge is 0.256 e. The minimum atomic E-state index is -0.138. The number of rotatable bonds is 5. The number of aryl methyl sites for hydroxylation is 2. The van der Waals surface area contributed by atoms with Gasteiger partial charge in [-0.1, -0.05) is 50.2 Å². The van der Waals surface area contributed by atoms with Gasteiger partial charge in [-0.05, 0) is 54.3 Å². The number of carbonyl (C=O) groups is 1. The van der Waals surface area contributed by atoms with E-state index in [1.54, 1.807) is 0 Å². The molecule has 32 heavy (non-hydrogen) atoms. The normalized spacial score (nSPS) is 12.2. The minimum Gasteiger partial charge on any atom is -0.454 e. The van der Waals surface area contributed by atoms with Gasteiger partial charge in [-0.3, -0.25) is 4.79 Å². The Bertz CT molecular complexity index is 1310. The summed E-state index contributed by atoms with van der Waals surface area (Å²) in [6, 6.07) is 21.5. The zero-order valence-electron chi connectivity index (χ0n) is 18.1. The van der Waals surface area contributed by atoms with Crippen LogP contribution in [0.5, 0.6) is 11.5 Å². The Hall–Kier alpha value is -3.86. The quantitative estimate of drug-likeness (QED) is 0.426. The van der Waals surface area contributed by atoms with Crippen LogP contribution in [0.3, 0.4) is 0 Å². The van der Waals surface area contributed by atoms with E-state index in [-0.39, 0.29) is 12.7 Å². The second kappa shape index (κ2) is 8.35. The van der Waals surface area contributed by atoms with Crippen molar-refractivity contribution in [1.29, 1.82) is 0 Å². The number of ether oxygens (including phenoxy) is 2. The number of nitrogens with one attached hydrogen (secondary N) is 1. The Labute approximate surface area is 187 Å². The fourth-order valence-electron chi connectivity index (χ4n) is 4.15. The number of hydrogen-bond donors (Lipinski definition) is 1. The highest BCUT2D eigenvalue weighted by molar-refractivity contribution is 6.13. The van der Waals surface area contributed by atoms with E-state index in [1.807, 2.05) is 54.6 Å². The first-order valence-electron chi connectivity index (χ1n) is 10.9. The molecule has 4 aromatic rings. The molecule has 0 saturated carbocycles. The van der Waals surface area contributed by atoms with Crippen molar-refractivity contribution in [1.82, 2.24) is 4.98 Å². The molecule has 5 rings (SSSR count). The number of pyridine rings is 1. The lowest BCUT2D eigenvalue weighted by molar-refractivity contribution is 0.102. The average molecular weight is 425 g/mol. The van der Waals surface area contributed by atoms with Crippen LogP contribution in [0.2, 0.25) is 0 Å². The van der Waals surface area contributed by atoms with Crippen LogP contribution in [0, 0.1) is 0 Å². The summed E-state index contributed by atoms with van der Waals surface area (Å²) >= 11 is 0. The largest absolute Gasteiger partial charge is 0.454 e. The molecule has 1 N–H and O–H groups in total. The maximum atomic E-state index is 13.6. The van der Waals surface area contributed by atoms with Crippen LogP contribution >= 0.6 is 0 Å². The van der Waals surface area contributed by atoms with Crippen LogP contribution in [0.25, 0.3) is 22.2 Å². The summed E-state index contributed by atoms with van der Waals surface area (Å²) in [7, 11) is 0. The van der Waals surface area contributed by atoms with Crippen molar-refractivity contribution in [2.45, 2.75) is 26.7 Å². The predicted molar refractivity (Wildman–Crippen MR) is 126 cm³/mol. The van der Waals surface area contributed by atoms with Crippen molar-refractivity contribution in [3.8, 4) is 22.8 Å².